The summed E-state index contributed by atoms with van der Waals surface area (Å²) < 4.78 is 0. The Bertz CT molecular complexity index is 490. The topological polar surface area (TPSA) is 60.9 Å². The van der Waals surface area contributed by atoms with Crippen molar-refractivity contribution in [2.75, 3.05) is 33.7 Å². The summed E-state index contributed by atoms with van der Waals surface area (Å²) in [6, 6.07) is 3.11. The maximum atomic E-state index is 12.3. The molecule has 110 valence electrons. The molecule has 1 N–H and O–H groups in total. The van der Waals surface area contributed by atoms with Gasteiger partial charge in [-0.05, 0) is 45.0 Å². The van der Waals surface area contributed by atoms with Gasteiger partial charge in [-0.3, -0.25) is 4.79 Å². The number of thiophene rings is 1. The monoisotopic (exact) mass is 296 g/mol. The molecule has 1 fully saturated rings. The molecule has 5 nitrogen and oxygen atoms in total. The summed E-state index contributed by atoms with van der Waals surface area (Å²) in [6.07, 6.45) is 2.03. The lowest BCUT2D eigenvalue weighted by Crippen LogP contribution is -2.40. The van der Waals surface area contributed by atoms with E-state index in [1.807, 2.05) is 4.90 Å². The van der Waals surface area contributed by atoms with Crippen molar-refractivity contribution < 1.29 is 14.7 Å². The second-order valence-electron chi connectivity index (χ2n) is 5.47. The number of carboxylic acid groups (broad SMARTS) is 1. The Labute approximate surface area is 122 Å². The van der Waals surface area contributed by atoms with Crippen LogP contribution in [0.2, 0.25) is 0 Å². The SMILES string of the molecule is CN(C)CC1CCN(C(=O)c2ccc(C(=O)O)s2)CC1. The molecule has 2 heterocycles. The van der Waals surface area contributed by atoms with Gasteiger partial charge in [0.05, 0.1) is 4.88 Å². The van der Waals surface area contributed by atoms with Crippen LogP contribution in [-0.4, -0.2) is 60.5 Å². The number of nitrogens with zero attached hydrogens (tertiary/aromatic N) is 2. The Hall–Kier alpha value is -1.40. The van der Waals surface area contributed by atoms with E-state index >= 15 is 0 Å². The number of likely N-dealkylation sites (tertiary alicyclic amines) is 1. The number of aromatic carboxylic acids is 1. The molecule has 0 bridgehead atoms. The van der Waals surface area contributed by atoms with Crippen molar-refractivity contribution in [1.82, 2.24) is 9.80 Å². The molecule has 0 spiro atoms. The molecule has 2 rings (SSSR count). The van der Waals surface area contributed by atoms with Gasteiger partial charge in [0.25, 0.3) is 5.91 Å². The first-order valence-electron chi connectivity index (χ1n) is 6.74. The molecule has 0 saturated carbocycles. The van der Waals surface area contributed by atoms with Gasteiger partial charge in [0, 0.05) is 19.6 Å². The number of hydrogen-bond donors (Lipinski definition) is 1. The van der Waals surface area contributed by atoms with Crippen molar-refractivity contribution in [2.24, 2.45) is 5.92 Å². The van der Waals surface area contributed by atoms with Gasteiger partial charge in [-0.25, -0.2) is 4.79 Å². The molecule has 1 amide bonds. The third kappa shape index (κ3) is 3.58. The molecular formula is C14H20N2O3S. The average molecular weight is 296 g/mol. The molecule has 0 unspecified atom stereocenters. The fourth-order valence-electron chi connectivity index (χ4n) is 2.56. The predicted molar refractivity (Wildman–Crippen MR) is 78.5 cm³/mol. The highest BCUT2D eigenvalue weighted by molar-refractivity contribution is 7.15. The summed E-state index contributed by atoms with van der Waals surface area (Å²) in [5, 5.41) is 8.89. The van der Waals surface area contributed by atoms with E-state index in [-0.39, 0.29) is 10.8 Å². The summed E-state index contributed by atoms with van der Waals surface area (Å²) in [6.45, 7) is 2.58. The van der Waals surface area contributed by atoms with Gasteiger partial charge < -0.3 is 14.9 Å². The fraction of sp³-hybridized carbons (Fsp3) is 0.571. The van der Waals surface area contributed by atoms with Crippen LogP contribution >= 0.6 is 11.3 Å². The lowest BCUT2D eigenvalue weighted by molar-refractivity contribution is 0.0680. The summed E-state index contributed by atoms with van der Waals surface area (Å²) in [7, 11) is 4.13. The van der Waals surface area contributed by atoms with Crippen molar-refractivity contribution in [1.29, 1.82) is 0 Å². The van der Waals surface area contributed by atoms with Gasteiger partial charge in [-0.15, -0.1) is 11.3 Å². The van der Waals surface area contributed by atoms with Crippen LogP contribution in [0.4, 0.5) is 0 Å². The molecule has 0 aliphatic carbocycles. The van der Waals surface area contributed by atoms with E-state index in [9.17, 15) is 9.59 Å². The van der Waals surface area contributed by atoms with Crippen LogP contribution in [0.1, 0.15) is 32.2 Å². The molecule has 20 heavy (non-hydrogen) atoms. The minimum absolute atomic E-state index is 0.0363. The Kier molecular flexibility index (Phi) is 4.77. The molecule has 0 aromatic carbocycles. The van der Waals surface area contributed by atoms with Gasteiger partial charge in [0.2, 0.25) is 0 Å². The van der Waals surface area contributed by atoms with Gasteiger partial charge in [-0.2, -0.15) is 0 Å². The normalized spacial score (nSPS) is 16.6. The quantitative estimate of drug-likeness (QED) is 0.921. The van der Waals surface area contributed by atoms with Crippen LogP contribution in [0.25, 0.3) is 0 Å². The summed E-state index contributed by atoms with van der Waals surface area (Å²) in [4.78, 5) is 27.9. The van der Waals surface area contributed by atoms with E-state index < -0.39 is 5.97 Å². The summed E-state index contributed by atoms with van der Waals surface area (Å²) >= 11 is 1.06. The molecule has 1 saturated heterocycles. The maximum Gasteiger partial charge on any atom is 0.345 e. The number of piperidine rings is 1. The standard InChI is InChI=1S/C14H20N2O3S/c1-15(2)9-10-5-7-16(8-6-10)13(17)11-3-4-12(20-11)14(18)19/h3-4,10H,5-9H2,1-2H3,(H,18,19). The molecule has 1 aliphatic heterocycles. The Morgan fingerprint density at radius 1 is 1.30 bits per heavy atom. The second kappa shape index (κ2) is 6.37. The first-order chi connectivity index (χ1) is 9.47. The zero-order chi connectivity index (χ0) is 14.7. The average Bonchev–Trinajstić information content (AvgIpc) is 2.88. The van der Waals surface area contributed by atoms with E-state index in [1.54, 1.807) is 6.07 Å². The van der Waals surface area contributed by atoms with Crippen LogP contribution < -0.4 is 0 Å². The van der Waals surface area contributed by atoms with Gasteiger partial charge in [-0.1, -0.05) is 0 Å². The van der Waals surface area contributed by atoms with Gasteiger partial charge >= 0.3 is 5.97 Å². The highest BCUT2D eigenvalue weighted by atomic mass is 32.1. The third-order valence-electron chi connectivity index (χ3n) is 3.55. The number of carbonyl (C=O) groups is 2. The van der Waals surface area contributed by atoms with E-state index in [2.05, 4.69) is 19.0 Å². The Balaban J connectivity index is 1.92. The molecule has 1 aromatic heterocycles. The van der Waals surface area contributed by atoms with Crippen molar-refractivity contribution in [3.8, 4) is 0 Å². The lowest BCUT2D eigenvalue weighted by atomic mass is 9.96. The van der Waals surface area contributed by atoms with E-state index in [1.165, 1.54) is 6.07 Å². The van der Waals surface area contributed by atoms with Crippen molar-refractivity contribution in [3.05, 3.63) is 21.9 Å². The summed E-state index contributed by atoms with van der Waals surface area (Å²) in [5.74, 6) is -0.364. The van der Waals surface area contributed by atoms with Crippen LogP contribution in [0.15, 0.2) is 12.1 Å². The van der Waals surface area contributed by atoms with Gasteiger partial charge in [0.1, 0.15) is 4.88 Å². The minimum atomic E-state index is -0.973. The third-order valence-corrected chi connectivity index (χ3v) is 4.61. The predicted octanol–water partition coefficient (Wildman–Crippen LogP) is 1.86. The molecule has 0 atom stereocenters. The van der Waals surface area contributed by atoms with Crippen LogP contribution in [0.5, 0.6) is 0 Å². The number of hydrogen-bond acceptors (Lipinski definition) is 4. The van der Waals surface area contributed by atoms with Crippen LogP contribution in [0, 0.1) is 5.92 Å². The van der Waals surface area contributed by atoms with Crippen molar-refractivity contribution >= 4 is 23.2 Å². The maximum absolute atomic E-state index is 12.3. The number of carbonyl (C=O) groups excluding carboxylic acids is 1. The zero-order valence-electron chi connectivity index (χ0n) is 11.8. The number of carboxylic acids is 1. The molecule has 0 radical (unpaired) electrons. The van der Waals surface area contributed by atoms with Crippen LogP contribution in [0.3, 0.4) is 0 Å². The highest BCUT2D eigenvalue weighted by Gasteiger charge is 2.25. The van der Waals surface area contributed by atoms with Crippen molar-refractivity contribution in [3.63, 3.8) is 0 Å². The molecule has 1 aliphatic rings. The fourth-order valence-corrected chi connectivity index (χ4v) is 3.37. The molecule has 1 aromatic rings. The van der Waals surface area contributed by atoms with Crippen molar-refractivity contribution in [2.45, 2.75) is 12.8 Å². The number of amides is 1. The summed E-state index contributed by atoms with van der Waals surface area (Å²) in [5.41, 5.74) is 0. The van der Waals surface area contributed by atoms with E-state index in [4.69, 9.17) is 5.11 Å². The first-order valence-corrected chi connectivity index (χ1v) is 7.56. The molecule has 6 heteroatoms. The van der Waals surface area contributed by atoms with Gasteiger partial charge in [0.15, 0.2) is 0 Å². The number of rotatable bonds is 4. The van der Waals surface area contributed by atoms with E-state index in [0.29, 0.717) is 10.8 Å². The second-order valence-corrected chi connectivity index (χ2v) is 6.55. The Morgan fingerprint density at radius 3 is 2.40 bits per heavy atom. The van der Waals surface area contributed by atoms with Crippen LogP contribution in [-0.2, 0) is 0 Å². The lowest BCUT2D eigenvalue weighted by Gasteiger charge is -2.33. The van der Waals surface area contributed by atoms with E-state index in [0.717, 1.165) is 43.8 Å². The minimum Gasteiger partial charge on any atom is -0.477 e. The Morgan fingerprint density at radius 2 is 1.90 bits per heavy atom. The zero-order valence-corrected chi connectivity index (χ0v) is 12.7. The molecular weight excluding hydrogens is 276 g/mol. The smallest absolute Gasteiger partial charge is 0.345 e. The largest absolute Gasteiger partial charge is 0.477 e. The highest BCUT2D eigenvalue weighted by Crippen LogP contribution is 2.23. The first kappa shape index (κ1) is 15.0.